The fraction of sp³-hybridized carbons (Fsp3) is 0.875. The lowest BCUT2D eigenvalue weighted by molar-refractivity contribution is -0.173. The minimum absolute atomic E-state index is 0.295. The first kappa shape index (κ1) is 19.9. The molecule has 0 amide bonds. The molecular weight excluding hydrogens is 275 g/mol. The molecule has 0 heterocycles. The second-order valence-corrected chi connectivity index (χ2v) is 5.16. The van der Waals surface area contributed by atoms with Crippen LogP contribution in [0.15, 0.2) is 0 Å². The molecule has 0 aromatic heterocycles. The number of esters is 2. The van der Waals surface area contributed by atoms with Crippen LogP contribution in [0.4, 0.5) is 4.39 Å². The molecule has 0 saturated carbocycles. The molecular formula is C16H29FO4. The molecule has 124 valence electrons. The van der Waals surface area contributed by atoms with Gasteiger partial charge in [-0.15, -0.1) is 0 Å². The molecule has 0 rings (SSSR count). The average Bonchev–Trinajstić information content (AvgIpc) is 2.50. The molecule has 0 aliphatic heterocycles. The smallest absolute Gasteiger partial charge is 0.323 e. The second kappa shape index (κ2) is 11.5. The third-order valence-electron chi connectivity index (χ3n) is 3.78. The third-order valence-corrected chi connectivity index (χ3v) is 3.78. The summed E-state index contributed by atoms with van der Waals surface area (Å²) in [6, 6.07) is 0. The highest BCUT2D eigenvalue weighted by Crippen LogP contribution is 2.30. The highest BCUT2D eigenvalue weighted by atomic mass is 19.1. The maximum Gasteiger partial charge on any atom is 0.323 e. The minimum Gasteiger partial charge on any atom is -0.465 e. The highest BCUT2D eigenvalue weighted by molar-refractivity contribution is 5.99. The van der Waals surface area contributed by atoms with Gasteiger partial charge in [-0.3, -0.25) is 9.59 Å². The Labute approximate surface area is 127 Å². The van der Waals surface area contributed by atoms with Gasteiger partial charge in [0.2, 0.25) is 0 Å². The fourth-order valence-corrected chi connectivity index (χ4v) is 2.19. The summed E-state index contributed by atoms with van der Waals surface area (Å²) in [6.45, 7) is 4.87. The van der Waals surface area contributed by atoms with Crippen LogP contribution in [-0.2, 0) is 19.1 Å². The topological polar surface area (TPSA) is 52.6 Å². The molecule has 0 aromatic rings. The molecule has 0 radical (unpaired) electrons. The van der Waals surface area contributed by atoms with Gasteiger partial charge in [-0.05, 0) is 19.3 Å². The number of alkyl halides is 1. The molecule has 0 atom stereocenters. The van der Waals surface area contributed by atoms with Gasteiger partial charge >= 0.3 is 11.9 Å². The van der Waals surface area contributed by atoms with Gasteiger partial charge in [0.25, 0.3) is 0 Å². The zero-order valence-electron chi connectivity index (χ0n) is 13.6. The number of hydrogen-bond donors (Lipinski definition) is 0. The van der Waals surface area contributed by atoms with Crippen molar-refractivity contribution in [3.63, 3.8) is 0 Å². The number of carbonyl (C=O) groups excluding carboxylic acids is 2. The summed E-state index contributed by atoms with van der Waals surface area (Å²) in [5, 5.41) is 0. The number of rotatable bonds is 12. The summed E-state index contributed by atoms with van der Waals surface area (Å²) in [5.41, 5.74) is -1.29. The van der Waals surface area contributed by atoms with Crippen LogP contribution < -0.4 is 0 Å². The molecule has 0 fully saturated rings. The maximum absolute atomic E-state index is 12.2. The van der Waals surface area contributed by atoms with Crippen molar-refractivity contribution in [3.8, 4) is 0 Å². The largest absolute Gasteiger partial charge is 0.465 e. The van der Waals surface area contributed by atoms with Crippen LogP contribution >= 0.6 is 0 Å². The lowest BCUT2D eigenvalue weighted by Crippen LogP contribution is -2.41. The normalized spacial score (nSPS) is 11.2. The molecule has 0 N–H and O–H groups in total. The van der Waals surface area contributed by atoms with Crippen LogP contribution in [0.3, 0.4) is 0 Å². The first-order chi connectivity index (χ1) is 10.1. The summed E-state index contributed by atoms with van der Waals surface area (Å²) in [4.78, 5) is 24.2. The average molecular weight is 304 g/mol. The van der Waals surface area contributed by atoms with Gasteiger partial charge in [0, 0.05) is 0 Å². The second-order valence-electron chi connectivity index (χ2n) is 5.16. The number of hydrogen-bond acceptors (Lipinski definition) is 4. The molecule has 0 spiro atoms. The molecule has 21 heavy (non-hydrogen) atoms. The van der Waals surface area contributed by atoms with Gasteiger partial charge in [-0.1, -0.05) is 46.5 Å². The Morgan fingerprint density at radius 3 is 1.86 bits per heavy atom. The summed E-state index contributed by atoms with van der Waals surface area (Å²) >= 11 is 0. The Balaban J connectivity index is 4.37. The van der Waals surface area contributed by atoms with Gasteiger partial charge in [0.05, 0.1) is 6.61 Å². The third kappa shape index (κ3) is 6.44. The van der Waals surface area contributed by atoms with Gasteiger partial charge in [-0.25, -0.2) is 4.39 Å². The summed E-state index contributed by atoms with van der Waals surface area (Å²) in [6.07, 6.45) is 5.87. The SMILES string of the molecule is CCCCCCCOC(=O)C(CC)(CC)C(=O)OCCF. The summed E-state index contributed by atoms with van der Waals surface area (Å²) in [7, 11) is 0. The Kier molecular flexibility index (Phi) is 10.9. The molecule has 0 aromatic carbocycles. The maximum atomic E-state index is 12.2. The Morgan fingerprint density at radius 2 is 1.38 bits per heavy atom. The molecule has 4 nitrogen and oxygen atoms in total. The fourth-order valence-electron chi connectivity index (χ4n) is 2.19. The van der Waals surface area contributed by atoms with Crippen LogP contribution in [0.2, 0.25) is 0 Å². The van der Waals surface area contributed by atoms with E-state index < -0.39 is 24.0 Å². The van der Waals surface area contributed by atoms with Crippen molar-refractivity contribution in [1.29, 1.82) is 0 Å². The van der Waals surface area contributed by atoms with Gasteiger partial charge in [0.15, 0.2) is 5.41 Å². The number of carbonyl (C=O) groups is 2. The van der Waals surface area contributed by atoms with Crippen LogP contribution in [0.5, 0.6) is 0 Å². The van der Waals surface area contributed by atoms with Crippen molar-refractivity contribution >= 4 is 11.9 Å². The van der Waals surface area contributed by atoms with E-state index in [1.807, 2.05) is 0 Å². The molecule has 0 saturated heterocycles. The zero-order valence-corrected chi connectivity index (χ0v) is 13.6. The van der Waals surface area contributed by atoms with Gasteiger partial charge in [-0.2, -0.15) is 0 Å². The predicted octanol–water partition coefficient (Wildman–Crippen LogP) is 3.82. The zero-order chi connectivity index (χ0) is 16.1. The Morgan fingerprint density at radius 1 is 0.857 bits per heavy atom. The molecule has 0 aliphatic rings. The molecule has 0 aliphatic carbocycles. The van der Waals surface area contributed by atoms with E-state index in [2.05, 4.69) is 6.92 Å². The number of unbranched alkanes of at least 4 members (excludes halogenated alkanes) is 4. The van der Waals surface area contributed by atoms with E-state index in [0.29, 0.717) is 19.4 Å². The standard InChI is InChI=1S/C16H29FO4/c1-4-7-8-9-10-12-20-14(18)16(5-2,6-3)15(19)21-13-11-17/h4-13H2,1-3H3. The number of halogens is 1. The van der Waals surface area contributed by atoms with E-state index in [1.54, 1.807) is 13.8 Å². The van der Waals surface area contributed by atoms with Crippen molar-refractivity contribution < 1.29 is 23.5 Å². The summed E-state index contributed by atoms with van der Waals surface area (Å²) in [5.74, 6) is -1.23. The highest BCUT2D eigenvalue weighted by Gasteiger charge is 2.45. The van der Waals surface area contributed by atoms with Crippen LogP contribution in [0, 0.1) is 5.41 Å². The van der Waals surface area contributed by atoms with E-state index in [0.717, 1.165) is 25.7 Å². The van der Waals surface area contributed by atoms with Crippen molar-refractivity contribution in [3.05, 3.63) is 0 Å². The molecule has 0 unspecified atom stereocenters. The van der Waals surface area contributed by atoms with Crippen molar-refractivity contribution in [1.82, 2.24) is 0 Å². The van der Waals surface area contributed by atoms with E-state index in [-0.39, 0.29) is 6.61 Å². The predicted molar refractivity (Wildman–Crippen MR) is 79.7 cm³/mol. The lowest BCUT2D eigenvalue weighted by atomic mass is 9.82. The van der Waals surface area contributed by atoms with E-state index in [1.165, 1.54) is 6.42 Å². The van der Waals surface area contributed by atoms with E-state index in [9.17, 15) is 14.0 Å². The van der Waals surface area contributed by atoms with Crippen molar-refractivity contribution in [2.24, 2.45) is 5.41 Å². The first-order valence-corrected chi connectivity index (χ1v) is 7.99. The van der Waals surface area contributed by atoms with Crippen molar-refractivity contribution in [2.45, 2.75) is 65.7 Å². The summed E-state index contributed by atoms with van der Waals surface area (Å²) < 4.78 is 22.1. The minimum atomic E-state index is -1.29. The number of ether oxygens (including phenoxy) is 2. The van der Waals surface area contributed by atoms with Crippen LogP contribution in [0.25, 0.3) is 0 Å². The quantitative estimate of drug-likeness (QED) is 0.312. The Bertz CT molecular complexity index is 301. The monoisotopic (exact) mass is 304 g/mol. The van der Waals surface area contributed by atoms with Crippen LogP contribution in [0.1, 0.15) is 65.7 Å². The van der Waals surface area contributed by atoms with E-state index >= 15 is 0 Å². The van der Waals surface area contributed by atoms with Crippen molar-refractivity contribution in [2.75, 3.05) is 19.9 Å². The van der Waals surface area contributed by atoms with Crippen LogP contribution in [-0.4, -0.2) is 31.8 Å². The molecule has 5 heteroatoms. The Hall–Kier alpha value is -1.13. The van der Waals surface area contributed by atoms with Gasteiger partial charge < -0.3 is 9.47 Å². The lowest BCUT2D eigenvalue weighted by Gasteiger charge is -2.26. The first-order valence-electron chi connectivity index (χ1n) is 7.99. The van der Waals surface area contributed by atoms with E-state index in [4.69, 9.17) is 9.47 Å². The van der Waals surface area contributed by atoms with Gasteiger partial charge in [0.1, 0.15) is 13.3 Å². The molecule has 0 bridgehead atoms.